The van der Waals surface area contributed by atoms with Crippen molar-refractivity contribution in [2.75, 3.05) is 0 Å². The van der Waals surface area contributed by atoms with Crippen molar-refractivity contribution in [2.45, 2.75) is 25.3 Å². The van der Waals surface area contributed by atoms with E-state index >= 15 is 0 Å². The summed E-state index contributed by atoms with van der Waals surface area (Å²) >= 11 is 4.69. The Morgan fingerprint density at radius 2 is 2.08 bits per heavy atom. The van der Waals surface area contributed by atoms with Crippen LogP contribution in [0.5, 0.6) is 0 Å². The molecular weight excluding hydrogens is 174 g/mol. The minimum absolute atomic E-state index is 0.0556. The number of nitrogens with one attached hydrogen (secondary N) is 1. The summed E-state index contributed by atoms with van der Waals surface area (Å²) in [6.45, 7) is 0. The lowest BCUT2D eigenvalue weighted by Crippen LogP contribution is -2.44. The maximum Gasteiger partial charge on any atom is 0.222 e. The fourth-order valence-corrected chi connectivity index (χ4v) is 1.81. The maximum absolute atomic E-state index is 10.9. The zero-order valence-electron chi connectivity index (χ0n) is 6.75. The fourth-order valence-electron chi connectivity index (χ4n) is 1.66. The highest BCUT2D eigenvalue weighted by Gasteiger charge is 2.31. The highest BCUT2D eigenvalue weighted by molar-refractivity contribution is 7.80. The number of primary amides is 1. The van der Waals surface area contributed by atoms with Crippen LogP contribution in [-0.2, 0) is 4.79 Å². The number of rotatable bonds is 2. The van der Waals surface area contributed by atoms with Crippen LogP contribution in [0.3, 0.4) is 0 Å². The molecule has 12 heavy (non-hydrogen) atoms. The van der Waals surface area contributed by atoms with Gasteiger partial charge in [-0.3, -0.25) is 4.79 Å². The van der Waals surface area contributed by atoms with Gasteiger partial charge in [-0.05, 0) is 25.1 Å². The fraction of sp³-hybridized carbons (Fsp3) is 0.714. The van der Waals surface area contributed by atoms with Gasteiger partial charge in [0.25, 0.3) is 0 Å². The molecule has 1 aliphatic carbocycles. The molecule has 2 atom stereocenters. The van der Waals surface area contributed by atoms with Gasteiger partial charge in [-0.15, -0.1) is 0 Å². The van der Waals surface area contributed by atoms with E-state index in [1.165, 1.54) is 0 Å². The lowest BCUT2D eigenvalue weighted by Gasteiger charge is -2.17. The van der Waals surface area contributed by atoms with Gasteiger partial charge in [0.05, 0.1) is 5.92 Å². The third kappa shape index (κ3) is 2.07. The van der Waals surface area contributed by atoms with Gasteiger partial charge >= 0.3 is 0 Å². The van der Waals surface area contributed by atoms with Gasteiger partial charge in [-0.25, -0.2) is 0 Å². The standard InChI is InChI=1S/C7H13N3OS/c8-6(11)4-2-1-3-5(4)10-7(9)12/h4-5H,1-3H2,(H2,8,11)(H3,9,10,12)/t4-,5-/m0/s1. The van der Waals surface area contributed by atoms with Crippen molar-refractivity contribution >= 4 is 23.2 Å². The SMILES string of the molecule is NC(=O)[C@H]1CCC[C@@H]1NC(N)=S. The van der Waals surface area contributed by atoms with Gasteiger partial charge < -0.3 is 16.8 Å². The Kier molecular flexibility index (Phi) is 2.86. The van der Waals surface area contributed by atoms with Crippen molar-refractivity contribution in [3.63, 3.8) is 0 Å². The van der Waals surface area contributed by atoms with E-state index in [2.05, 4.69) is 17.5 Å². The largest absolute Gasteiger partial charge is 0.376 e. The first-order valence-corrected chi connectivity index (χ1v) is 4.37. The Bertz CT molecular complexity index is 207. The number of carbonyl (C=O) groups excluding carboxylic acids is 1. The lowest BCUT2D eigenvalue weighted by atomic mass is 10.0. The van der Waals surface area contributed by atoms with Crippen molar-refractivity contribution in [3.8, 4) is 0 Å². The normalized spacial score (nSPS) is 28.3. The Morgan fingerprint density at radius 1 is 1.42 bits per heavy atom. The second-order valence-corrected chi connectivity index (χ2v) is 3.49. The molecule has 5 heteroatoms. The van der Waals surface area contributed by atoms with E-state index in [4.69, 9.17) is 11.5 Å². The van der Waals surface area contributed by atoms with E-state index in [-0.39, 0.29) is 23.0 Å². The highest BCUT2D eigenvalue weighted by atomic mass is 32.1. The van der Waals surface area contributed by atoms with E-state index in [0.717, 1.165) is 19.3 Å². The minimum atomic E-state index is -0.263. The Labute approximate surface area is 76.7 Å². The maximum atomic E-state index is 10.9. The summed E-state index contributed by atoms with van der Waals surface area (Å²) in [6, 6.07) is 0.0556. The molecule has 0 aromatic carbocycles. The van der Waals surface area contributed by atoms with E-state index in [0.29, 0.717) is 0 Å². The van der Waals surface area contributed by atoms with Gasteiger partial charge in [0.2, 0.25) is 5.91 Å². The molecular formula is C7H13N3OS. The average Bonchev–Trinajstić information content (AvgIpc) is 2.33. The van der Waals surface area contributed by atoms with E-state index in [1.54, 1.807) is 0 Å². The molecule has 68 valence electrons. The summed E-state index contributed by atoms with van der Waals surface area (Å²) in [5.74, 6) is -0.368. The Hall–Kier alpha value is -0.840. The van der Waals surface area contributed by atoms with Crippen molar-refractivity contribution in [2.24, 2.45) is 17.4 Å². The zero-order chi connectivity index (χ0) is 9.14. The van der Waals surface area contributed by atoms with Gasteiger partial charge in [-0.1, -0.05) is 6.42 Å². The van der Waals surface area contributed by atoms with Crippen LogP contribution in [0.25, 0.3) is 0 Å². The zero-order valence-corrected chi connectivity index (χ0v) is 7.56. The van der Waals surface area contributed by atoms with Crippen molar-refractivity contribution in [1.29, 1.82) is 0 Å². The van der Waals surface area contributed by atoms with Crippen LogP contribution in [0.1, 0.15) is 19.3 Å². The molecule has 0 radical (unpaired) electrons. The summed E-state index contributed by atoms with van der Waals surface area (Å²) < 4.78 is 0. The molecule has 4 nitrogen and oxygen atoms in total. The number of thiocarbonyl (C=S) groups is 1. The smallest absolute Gasteiger partial charge is 0.222 e. The monoisotopic (exact) mass is 187 g/mol. The van der Waals surface area contributed by atoms with Crippen molar-refractivity contribution < 1.29 is 4.79 Å². The molecule has 0 bridgehead atoms. The van der Waals surface area contributed by atoms with Crippen molar-refractivity contribution in [1.82, 2.24) is 5.32 Å². The first kappa shape index (κ1) is 9.25. The molecule has 1 aliphatic rings. The second kappa shape index (κ2) is 3.71. The summed E-state index contributed by atoms with van der Waals surface area (Å²) in [6.07, 6.45) is 2.77. The van der Waals surface area contributed by atoms with E-state index in [1.807, 2.05) is 0 Å². The van der Waals surface area contributed by atoms with Crippen LogP contribution < -0.4 is 16.8 Å². The third-order valence-electron chi connectivity index (χ3n) is 2.21. The molecule has 0 spiro atoms. The molecule has 0 aromatic heterocycles. The van der Waals surface area contributed by atoms with Crippen molar-refractivity contribution in [3.05, 3.63) is 0 Å². The minimum Gasteiger partial charge on any atom is -0.376 e. The predicted molar refractivity (Wildman–Crippen MR) is 50.2 cm³/mol. The summed E-state index contributed by atoms with van der Waals surface area (Å²) in [4.78, 5) is 10.9. The van der Waals surface area contributed by atoms with Crippen LogP contribution in [0.4, 0.5) is 0 Å². The topological polar surface area (TPSA) is 81.1 Å². The third-order valence-corrected chi connectivity index (χ3v) is 2.33. The van der Waals surface area contributed by atoms with Crippen LogP contribution >= 0.6 is 12.2 Å². The van der Waals surface area contributed by atoms with E-state index in [9.17, 15) is 4.79 Å². The van der Waals surface area contributed by atoms with Crippen LogP contribution in [0.15, 0.2) is 0 Å². The predicted octanol–water partition coefficient (Wildman–Crippen LogP) is -0.526. The first-order chi connectivity index (χ1) is 5.61. The molecule has 1 saturated carbocycles. The molecule has 0 saturated heterocycles. The molecule has 1 amide bonds. The summed E-state index contributed by atoms with van der Waals surface area (Å²) in [7, 11) is 0. The Morgan fingerprint density at radius 3 is 2.58 bits per heavy atom. The van der Waals surface area contributed by atoms with Crippen LogP contribution in [-0.4, -0.2) is 17.1 Å². The quantitative estimate of drug-likeness (QED) is 0.508. The molecule has 5 N–H and O–H groups in total. The second-order valence-electron chi connectivity index (χ2n) is 3.05. The number of nitrogens with two attached hydrogens (primary N) is 2. The average molecular weight is 187 g/mol. The molecule has 1 rings (SSSR count). The molecule has 0 unspecified atom stereocenters. The Balaban J connectivity index is 2.52. The number of carbonyl (C=O) groups is 1. The van der Waals surface area contributed by atoms with Gasteiger partial charge in [0.15, 0.2) is 5.11 Å². The lowest BCUT2D eigenvalue weighted by molar-refractivity contribution is -0.122. The highest BCUT2D eigenvalue weighted by Crippen LogP contribution is 2.24. The first-order valence-electron chi connectivity index (χ1n) is 3.96. The summed E-state index contributed by atoms with van der Waals surface area (Å²) in [5, 5.41) is 3.13. The molecule has 1 fully saturated rings. The molecule has 0 heterocycles. The number of amides is 1. The summed E-state index contributed by atoms with van der Waals surface area (Å²) in [5.41, 5.74) is 10.5. The number of hydrogen-bond acceptors (Lipinski definition) is 2. The van der Waals surface area contributed by atoms with Gasteiger partial charge in [0.1, 0.15) is 0 Å². The molecule has 0 aliphatic heterocycles. The molecule has 0 aromatic rings. The van der Waals surface area contributed by atoms with Crippen LogP contribution in [0.2, 0.25) is 0 Å². The van der Waals surface area contributed by atoms with E-state index < -0.39 is 0 Å². The van der Waals surface area contributed by atoms with Gasteiger partial charge in [0, 0.05) is 6.04 Å². The number of hydrogen-bond donors (Lipinski definition) is 3. The van der Waals surface area contributed by atoms with Crippen LogP contribution in [0, 0.1) is 5.92 Å². The van der Waals surface area contributed by atoms with Gasteiger partial charge in [-0.2, -0.15) is 0 Å².